The van der Waals surface area contributed by atoms with Crippen molar-refractivity contribution in [2.45, 2.75) is 11.8 Å². The van der Waals surface area contributed by atoms with Gasteiger partial charge in [-0.25, -0.2) is 13.2 Å². The highest BCUT2D eigenvalue weighted by Gasteiger charge is 2.35. The molecule has 100 valence electrons. The van der Waals surface area contributed by atoms with Crippen molar-refractivity contribution in [3.8, 4) is 6.07 Å². The number of nitriles is 1. The number of rotatable bonds is 3. The predicted octanol–water partition coefficient (Wildman–Crippen LogP) is 2.59. The van der Waals surface area contributed by atoms with E-state index in [4.69, 9.17) is 5.26 Å². The predicted molar refractivity (Wildman–Crippen MR) is 63.5 cm³/mol. The number of halogens is 3. The van der Waals surface area contributed by atoms with Crippen molar-refractivity contribution in [2.24, 2.45) is 0 Å². The highest BCUT2D eigenvalue weighted by molar-refractivity contribution is 8.00. The standard InChI is InChI=1S/C12H9F3N2OS/c13-8-3-2-7(10(14)11(8)15)12-17(5-1-4-16)9(18)6-19-12/h2-3,12H,1,5-6H2. The molecule has 1 aliphatic rings. The Morgan fingerprint density at radius 1 is 1.37 bits per heavy atom. The molecular formula is C12H9F3N2OS. The molecule has 0 radical (unpaired) electrons. The molecule has 1 heterocycles. The van der Waals surface area contributed by atoms with E-state index in [1.54, 1.807) is 0 Å². The van der Waals surface area contributed by atoms with Crippen LogP contribution in [-0.2, 0) is 4.79 Å². The Labute approximate surface area is 112 Å². The zero-order chi connectivity index (χ0) is 14.0. The van der Waals surface area contributed by atoms with Crippen LogP contribution in [0.5, 0.6) is 0 Å². The lowest BCUT2D eigenvalue weighted by atomic mass is 10.1. The summed E-state index contributed by atoms with van der Waals surface area (Å²) in [7, 11) is 0. The lowest BCUT2D eigenvalue weighted by Gasteiger charge is -2.23. The van der Waals surface area contributed by atoms with Crippen molar-refractivity contribution in [3.63, 3.8) is 0 Å². The first-order valence-corrected chi connectivity index (χ1v) is 6.52. The number of benzene rings is 1. The number of thioether (sulfide) groups is 1. The van der Waals surface area contributed by atoms with Gasteiger partial charge in [-0.1, -0.05) is 6.07 Å². The van der Waals surface area contributed by atoms with Gasteiger partial charge in [0.2, 0.25) is 5.91 Å². The van der Waals surface area contributed by atoms with Gasteiger partial charge in [-0.2, -0.15) is 5.26 Å². The van der Waals surface area contributed by atoms with E-state index < -0.39 is 22.8 Å². The molecule has 0 aromatic heterocycles. The van der Waals surface area contributed by atoms with Gasteiger partial charge in [-0.15, -0.1) is 11.8 Å². The smallest absolute Gasteiger partial charge is 0.233 e. The van der Waals surface area contributed by atoms with Crippen molar-refractivity contribution in [1.82, 2.24) is 4.90 Å². The van der Waals surface area contributed by atoms with Gasteiger partial charge in [0.15, 0.2) is 17.5 Å². The Morgan fingerprint density at radius 2 is 2.11 bits per heavy atom. The van der Waals surface area contributed by atoms with E-state index in [0.29, 0.717) is 0 Å². The summed E-state index contributed by atoms with van der Waals surface area (Å²) >= 11 is 1.13. The molecule has 1 atom stereocenters. The minimum absolute atomic E-state index is 0.0762. The van der Waals surface area contributed by atoms with Gasteiger partial charge in [0.1, 0.15) is 5.37 Å². The molecule has 0 bridgehead atoms. The Bertz CT molecular complexity index is 559. The van der Waals surface area contributed by atoms with Crippen LogP contribution in [0.3, 0.4) is 0 Å². The Hall–Kier alpha value is -1.68. The van der Waals surface area contributed by atoms with E-state index >= 15 is 0 Å². The molecule has 1 amide bonds. The molecule has 0 N–H and O–H groups in total. The van der Waals surface area contributed by atoms with Gasteiger partial charge in [0.25, 0.3) is 0 Å². The number of amides is 1. The Kier molecular flexibility index (Phi) is 4.00. The van der Waals surface area contributed by atoms with Crippen LogP contribution >= 0.6 is 11.8 Å². The molecule has 1 aromatic rings. The first-order chi connectivity index (χ1) is 9.06. The number of nitrogens with zero attached hydrogens (tertiary/aromatic N) is 2. The molecule has 3 nitrogen and oxygen atoms in total. The summed E-state index contributed by atoms with van der Waals surface area (Å²) in [5, 5.41) is 7.81. The minimum Gasteiger partial charge on any atom is -0.325 e. The summed E-state index contributed by atoms with van der Waals surface area (Å²) in [6, 6.07) is 3.85. The van der Waals surface area contributed by atoms with E-state index in [9.17, 15) is 18.0 Å². The number of carbonyl (C=O) groups is 1. The lowest BCUT2D eigenvalue weighted by molar-refractivity contribution is -0.128. The number of hydrogen-bond donors (Lipinski definition) is 0. The summed E-state index contributed by atoms with van der Waals surface area (Å²) in [5.41, 5.74) is -0.0762. The Balaban J connectivity index is 2.33. The second-order valence-corrected chi connectivity index (χ2v) is 4.99. The van der Waals surface area contributed by atoms with E-state index in [0.717, 1.165) is 23.9 Å². The second kappa shape index (κ2) is 5.53. The fraction of sp³-hybridized carbons (Fsp3) is 0.333. The second-order valence-electron chi connectivity index (χ2n) is 3.92. The lowest BCUT2D eigenvalue weighted by Crippen LogP contribution is -2.29. The number of carbonyl (C=O) groups excluding carboxylic acids is 1. The van der Waals surface area contributed by atoms with Crippen molar-refractivity contribution >= 4 is 17.7 Å². The third-order valence-corrected chi connectivity index (χ3v) is 4.00. The maximum absolute atomic E-state index is 13.7. The van der Waals surface area contributed by atoms with Crippen LogP contribution in [0.25, 0.3) is 0 Å². The third-order valence-electron chi connectivity index (χ3n) is 2.76. The van der Waals surface area contributed by atoms with Crippen LogP contribution in [-0.4, -0.2) is 23.1 Å². The van der Waals surface area contributed by atoms with E-state index in [2.05, 4.69) is 0 Å². The molecule has 1 saturated heterocycles. The van der Waals surface area contributed by atoms with Gasteiger partial charge in [0, 0.05) is 12.1 Å². The van der Waals surface area contributed by atoms with E-state index in [-0.39, 0.29) is 30.2 Å². The molecule has 19 heavy (non-hydrogen) atoms. The van der Waals surface area contributed by atoms with Gasteiger partial charge in [-0.05, 0) is 6.07 Å². The third kappa shape index (κ3) is 2.54. The fourth-order valence-electron chi connectivity index (χ4n) is 1.86. The van der Waals surface area contributed by atoms with Crippen molar-refractivity contribution in [3.05, 3.63) is 35.1 Å². The molecule has 0 aliphatic carbocycles. The maximum Gasteiger partial charge on any atom is 0.233 e. The van der Waals surface area contributed by atoms with Crippen LogP contribution in [0.1, 0.15) is 17.4 Å². The minimum atomic E-state index is -1.54. The van der Waals surface area contributed by atoms with Gasteiger partial charge in [0.05, 0.1) is 18.2 Å². The molecule has 1 aliphatic heterocycles. The van der Waals surface area contributed by atoms with E-state index in [1.165, 1.54) is 4.90 Å². The molecule has 7 heteroatoms. The van der Waals surface area contributed by atoms with Crippen LogP contribution < -0.4 is 0 Å². The van der Waals surface area contributed by atoms with Crippen LogP contribution in [0, 0.1) is 28.8 Å². The SMILES string of the molecule is N#CCCN1C(=O)CSC1c1ccc(F)c(F)c1F. The normalized spacial score (nSPS) is 18.7. The summed E-state index contributed by atoms with van der Waals surface area (Å²) in [4.78, 5) is 12.9. The molecular weight excluding hydrogens is 277 g/mol. The topological polar surface area (TPSA) is 44.1 Å². The average molecular weight is 286 g/mol. The van der Waals surface area contributed by atoms with Crippen LogP contribution in [0.4, 0.5) is 13.2 Å². The first-order valence-electron chi connectivity index (χ1n) is 5.47. The van der Waals surface area contributed by atoms with Gasteiger partial charge >= 0.3 is 0 Å². The molecule has 2 rings (SSSR count). The van der Waals surface area contributed by atoms with Crippen molar-refractivity contribution in [1.29, 1.82) is 5.26 Å². The monoisotopic (exact) mass is 286 g/mol. The quantitative estimate of drug-likeness (QED) is 0.802. The maximum atomic E-state index is 13.7. The molecule has 0 saturated carbocycles. The fourth-order valence-corrected chi connectivity index (χ4v) is 3.09. The molecule has 1 unspecified atom stereocenters. The zero-order valence-electron chi connectivity index (χ0n) is 9.70. The summed E-state index contributed by atoms with van der Waals surface area (Å²) in [5.74, 6) is -4.20. The summed E-state index contributed by atoms with van der Waals surface area (Å²) in [6.45, 7) is 0.144. The molecule has 1 fully saturated rings. The first kappa shape index (κ1) is 13.7. The highest BCUT2D eigenvalue weighted by atomic mass is 32.2. The van der Waals surface area contributed by atoms with Crippen LogP contribution in [0.15, 0.2) is 12.1 Å². The van der Waals surface area contributed by atoms with Crippen molar-refractivity contribution in [2.75, 3.05) is 12.3 Å². The molecule has 1 aromatic carbocycles. The zero-order valence-corrected chi connectivity index (χ0v) is 10.5. The largest absolute Gasteiger partial charge is 0.325 e. The summed E-state index contributed by atoms with van der Waals surface area (Å²) < 4.78 is 39.8. The Morgan fingerprint density at radius 3 is 2.79 bits per heavy atom. The average Bonchev–Trinajstić information content (AvgIpc) is 2.75. The molecule has 0 spiro atoms. The highest BCUT2D eigenvalue weighted by Crippen LogP contribution is 2.40. The van der Waals surface area contributed by atoms with Crippen molar-refractivity contribution < 1.29 is 18.0 Å². The summed E-state index contributed by atoms with van der Waals surface area (Å²) in [6.07, 6.45) is 0.105. The van der Waals surface area contributed by atoms with Crippen LogP contribution in [0.2, 0.25) is 0 Å². The van der Waals surface area contributed by atoms with Gasteiger partial charge < -0.3 is 4.90 Å². The van der Waals surface area contributed by atoms with E-state index in [1.807, 2.05) is 6.07 Å². The number of hydrogen-bond acceptors (Lipinski definition) is 3. The van der Waals surface area contributed by atoms with Gasteiger partial charge in [-0.3, -0.25) is 4.79 Å².